The SMILES string of the molecule is CC(C(=O)N1CCNCC1)c1ccc2c(c1)CCCC2. The number of hydrogen-bond donors (Lipinski definition) is 1. The van der Waals surface area contributed by atoms with E-state index in [2.05, 4.69) is 30.4 Å². The van der Waals surface area contributed by atoms with Crippen LogP contribution in [0.1, 0.15) is 42.4 Å². The summed E-state index contributed by atoms with van der Waals surface area (Å²) in [5.41, 5.74) is 4.14. The first-order chi connectivity index (χ1) is 9.75. The Bertz CT molecular complexity index is 492. The summed E-state index contributed by atoms with van der Waals surface area (Å²) in [5, 5.41) is 3.30. The number of fused-ring (bicyclic) bond motifs is 1. The highest BCUT2D eigenvalue weighted by molar-refractivity contribution is 5.83. The van der Waals surface area contributed by atoms with Crippen LogP contribution < -0.4 is 5.32 Å². The predicted octanol–water partition coefficient (Wildman–Crippen LogP) is 2.10. The van der Waals surface area contributed by atoms with Crippen LogP contribution in [0.3, 0.4) is 0 Å². The fourth-order valence-corrected chi connectivity index (χ4v) is 3.32. The number of hydrogen-bond acceptors (Lipinski definition) is 2. The summed E-state index contributed by atoms with van der Waals surface area (Å²) in [5.74, 6) is 0.266. The molecule has 1 aromatic carbocycles. The third-order valence-corrected chi connectivity index (χ3v) is 4.67. The molecule has 3 nitrogen and oxygen atoms in total. The minimum atomic E-state index is -0.0136. The van der Waals surface area contributed by atoms with Gasteiger partial charge in [-0.3, -0.25) is 4.79 Å². The largest absolute Gasteiger partial charge is 0.340 e. The topological polar surface area (TPSA) is 32.3 Å². The van der Waals surface area contributed by atoms with Gasteiger partial charge in [-0.25, -0.2) is 0 Å². The van der Waals surface area contributed by atoms with Gasteiger partial charge in [-0.1, -0.05) is 18.2 Å². The maximum Gasteiger partial charge on any atom is 0.229 e. The molecule has 0 saturated carbocycles. The number of carbonyl (C=O) groups excluding carboxylic acids is 1. The standard InChI is InChI=1S/C17H24N2O/c1-13(17(20)19-10-8-18-9-11-19)15-7-6-14-4-2-3-5-16(14)12-15/h6-7,12-13,18H,2-5,8-11H2,1H3. The number of carbonyl (C=O) groups is 1. The van der Waals surface area contributed by atoms with E-state index in [1.165, 1.54) is 42.4 Å². The van der Waals surface area contributed by atoms with Gasteiger partial charge in [0.05, 0.1) is 5.92 Å². The average molecular weight is 272 g/mol. The Hall–Kier alpha value is -1.35. The van der Waals surface area contributed by atoms with Crippen molar-refractivity contribution in [2.75, 3.05) is 26.2 Å². The molecule has 0 aromatic heterocycles. The van der Waals surface area contributed by atoms with Crippen LogP contribution in [-0.2, 0) is 17.6 Å². The zero-order valence-electron chi connectivity index (χ0n) is 12.3. The lowest BCUT2D eigenvalue weighted by Gasteiger charge is -2.30. The van der Waals surface area contributed by atoms with Gasteiger partial charge < -0.3 is 10.2 Å². The Morgan fingerprint density at radius 1 is 1.15 bits per heavy atom. The Labute approximate surface area is 121 Å². The van der Waals surface area contributed by atoms with Crippen molar-refractivity contribution in [3.63, 3.8) is 0 Å². The summed E-state index contributed by atoms with van der Waals surface area (Å²) in [6.45, 7) is 5.57. The molecule has 1 amide bonds. The van der Waals surface area contributed by atoms with Gasteiger partial charge in [0, 0.05) is 26.2 Å². The second-order valence-corrected chi connectivity index (χ2v) is 6.03. The molecule has 1 aromatic rings. The predicted molar refractivity (Wildman–Crippen MR) is 80.9 cm³/mol. The number of piperazine rings is 1. The highest BCUT2D eigenvalue weighted by Gasteiger charge is 2.24. The molecule has 1 N–H and O–H groups in total. The summed E-state index contributed by atoms with van der Waals surface area (Å²) in [7, 11) is 0. The van der Waals surface area contributed by atoms with E-state index in [4.69, 9.17) is 0 Å². The fraction of sp³-hybridized carbons (Fsp3) is 0.588. The monoisotopic (exact) mass is 272 g/mol. The van der Waals surface area contributed by atoms with Crippen LogP contribution in [0.2, 0.25) is 0 Å². The molecule has 3 heteroatoms. The molecule has 1 heterocycles. The van der Waals surface area contributed by atoms with Crippen molar-refractivity contribution in [2.45, 2.75) is 38.5 Å². The lowest BCUT2D eigenvalue weighted by molar-refractivity contribution is -0.133. The van der Waals surface area contributed by atoms with E-state index in [9.17, 15) is 4.79 Å². The maximum atomic E-state index is 12.6. The third-order valence-electron chi connectivity index (χ3n) is 4.67. The van der Waals surface area contributed by atoms with Crippen molar-refractivity contribution in [2.24, 2.45) is 0 Å². The maximum absolute atomic E-state index is 12.6. The molecule has 1 fully saturated rings. The van der Waals surface area contributed by atoms with Gasteiger partial charge in [-0.2, -0.15) is 0 Å². The van der Waals surface area contributed by atoms with Crippen molar-refractivity contribution >= 4 is 5.91 Å². The third kappa shape index (κ3) is 2.73. The summed E-state index contributed by atoms with van der Waals surface area (Å²) in [6.07, 6.45) is 4.98. The molecule has 0 radical (unpaired) electrons. The molecule has 1 aliphatic heterocycles. The first-order valence-corrected chi connectivity index (χ1v) is 7.87. The molecular weight excluding hydrogens is 248 g/mol. The van der Waals surface area contributed by atoms with E-state index >= 15 is 0 Å². The second-order valence-electron chi connectivity index (χ2n) is 6.03. The van der Waals surface area contributed by atoms with Gasteiger partial charge in [0.2, 0.25) is 5.91 Å². The molecule has 20 heavy (non-hydrogen) atoms. The van der Waals surface area contributed by atoms with Crippen LogP contribution in [-0.4, -0.2) is 37.0 Å². The van der Waals surface area contributed by atoms with E-state index in [0.717, 1.165) is 26.2 Å². The molecule has 2 aliphatic rings. The fourth-order valence-electron chi connectivity index (χ4n) is 3.32. The van der Waals surface area contributed by atoms with E-state index in [0.29, 0.717) is 0 Å². The lowest BCUT2D eigenvalue weighted by Crippen LogP contribution is -2.47. The highest BCUT2D eigenvalue weighted by Crippen LogP contribution is 2.26. The molecule has 108 valence electrons. The first kappa shape index (κ1) is 13.6. The number of aryl methyl sites for hydroxylation is 2. The smallest absolute Gasteiger partial charge is 0.229 e. The Morgan fingerprint density at radius 3 is 2.60 bits per heavy atom. The van der Waals surface area contributed by atoms with E-state index < -0.39 is 0 Å². The Kier molecular flexibility index (Phi) is 4.06. The van der Waals surface area contributed by atoms with Crippen LogP contribution in [0.15, 0.2) is 18.2 Å². The summed E-state index contributed by atoms with van der Waals surface area (Å²) < 4.78 is 0. The molecule has 3 rings (SSSR count). The van der Waals surface area contributed by atoms with Crippen molar-refractivity contribution in [3.8, 4) is 0 Å². The van der Waals surface area contributed by atoms with Crippen LogP contribution in [0.5, 0.6) is 0 Å². The quantitative estimate of drug-likeness (QED) is 0.894. The van der Waals surface area contributed by atoms with Crippen LogP contribution in [0, 0.1) is 0 Å². The second kappa shape index (κ2) is 5.96. The molecule has 1 saturated heterocycles. The summed E-state index contributed by atoms with van der Waals surface area (Å²) >= 11 is 0. The number of rotatable bonds is 2. The zero-order valence-corrected chi connectivity index (χ0v) is 12.3. The molecule has 1 aliphatic carbocycles. The zero-order chi connectivity index (χ0) is 13.9. The molecule has 0 bridgehead atoms. The van der Waals surface area contributed by atoms with Crippen molar-refractivity contribution in [1.29, 1.82) is 0 Å². The van der Waals surface area contributed by atoms with E-state index in [1.807, 2.05) is 4.90 Å². The molecule has 1 atom stereocenters. The minimum Gasteiger partial charge on any atom is -0.340 e. The van der Waals surface area contributed by atoms with Gasteiger partial charge in [0.15, 0.2) is 0 Å². The van der Waals surface area contributed by atoms with Crippen LogP contribution >= 0.6 is 0 Å². The van der Waals surface area contributed by atoms with Gasteiger partial charge in [-0.05, 0) is 49.3 Å². The number of amides is 1. The Morgan fingerprint density at radius 2 is 1.85 bits per heavy atom. The molecule has 0 spiro atoms. The molecule has 1 unspecified atom stereocenters. The normalized spacial score (nSPS) is 20.4. The van der Waals surface area contributed by atoms with Crippen molar-refractivity contribution in [1.82, 2.24) is 10.2 Å². The lowest BCUT2D eigenvalue weighted by atomic mass is 9.87. The number of nitrogens with zero attached hydrogens (tertiary/aromatic N) is 1. The average Bonchev–Trinajstić information content (AvgIpc) is 2.54. The van der Waals surface area contributed by atoms with Gasteiger partial charge >= 0.3 is 0 Å². The Balaban J connectivity index is 1.75. The van der Waals surface area contributed by atoms with Crippen molar-refractivity contribution in [3.05, 3.63) is 34.9 Å². The van der Waals surface area contributed by atoms with E-state index in [-0.39, 0.29) is 11.8 Å². The number of benzene rings is 1. The highest BCUT2D eigenvalue weighted by atomic mass is 16.2. The minimum absolute atomic E-state index is 0.0136. The van der Waals surface area contributed by atoms with Crippen LogP contribution in [0.4, 0.5) is 0 Å². The van der Waals surface area contributed by atoms with Gasteiger partial charge in [-0.15, -0.1) is 0 Å². The number of nitrogens with one attached hydrogen (secondary N) is 1. The van der Waals surface area contributed by atoms with Gasteiger partial charge in [0.25, 0.3) is 0 Å². The van der Waals surface area contributed by atoms with Crippen molar-refractivity contribution < 1.29 is 4.79 Å². The first-order valence-electron chi connectivity index (χ1n) is 7.87. The van der Waals surface area contributed by atoms with Crippen LogP contribution in [0.25, 0.3) is 0 Å². The summed E-state index contributed by atoms with van der Waals surface area (Å²) in [6, 6.07) is 6.68. The van der Waals surface area contributed by atoms with E-state index in [1.54, 1.807) is 0 Å². The molecular formula is C17H24N2O. The summed E-state index contributed by atoms with van der Waals surface area (Å²) in [4.78, 5) is 14.6. The van der Waals surface area contributed by atoms with Gasteiger partial charge in [0.1, 0.15) is 0 Å².